The lowest BCUT2D eigenvalue weighted by Gasteiger charge is -2.02. The van der Waals surface area contributed by atoms with Crippen molar-refractivity contribution in [2.45, 2.75) is 12.8 Å². The van der Waals surface area contributed by atoms with Crippen molar-refractivity contribution >= 4 is 5.91 Å². The van der Waals surface area contributed by atoms with Gasteiger partial charge in [0.2, 0.25) is 5.91 Å². The van der Waals surface area contributed by atoms with E-state index in [9.17, 15) is 4.79 Å². The Morgan fingerprint density at radius 3 is 3.07 bits per heavy atom. The Kier molecular flexibility index (Phi) is 4.64. The summed E-state index contributed by atoms with van der Waals surface area (Å²) in [6.07, 6.45) is 4.71. The average molecular weight is 193 g/mol. The van der Waals surface area contributed by atoms with Crippen LogP contribution in [0.5, 0.6) is 0 Å². The third kappa shape index (κ3) is 4.00. The molecule has 0 bridgehead atoms. The lowest BCUT2D eigenvalue weighted by atomic mass is 10.1. The molecule has 14 heavy (non-hydrogen) atoms. The standard InChI is InChI=1S/C10H15N3O/c11-5-7-13-10(14)4-3-9-2-1-6-12-8-9/h1-2,6,8H,3-5,7,11H2,(H,13,14). The Bertz CT molecular complexity index is 274. The topological polar surface area (TPSA) is 68.0 Å². The molecule has 4 heteroatoms. The van der Waals surface area contributed by atoms with Gasteiger partial charge in [0.05, 0.1) is 0 Å². The summed E-state index contributed by atoms with van der Waals surface area (Å²) in [5.74, 6) is 0.0410. The maximum absolute atomic E-state index is 11.2. The van der Waals surface area contributed by atoms with Crippen LogP contribution in [-0.4, -0.2) is 24.0 Å². The second kappa shape index (κ2) is 6.10. The molecule has 0 unspecified atom stereocenters. The highest BCUT2D eigenvalue weighted by Gasteiger charge is 2.00. The number of pyridine rings is 1. The molecule has 1 amide bonds. The Labute approximate surface area is 83.5 Å². The first-order chi connectivity index (χ1) is 6.83. The summed E-state index contributed by atoms with van der Waals surface area (Å²) in [7, 11) is 0. The molecular weight excluding hydrogens is 178 g/mol. The van der Waals surface area contributed by atoms with Crippen LogP contribution in [-0.2, 0) is 11.2 Å². The molecule has 0 spiro atoms. The van der Waals surface area contributed by atoms with Crippen molar-refractivity contribution in [3.63, 3.8) is 0 Å². The zero-order chi connectivity index (χ0) is 10.2. The van der Waals surface area contributed by atoms with Crippen LogP contribution in [0.3, 0.4) is 0 Å². The van der Waals surface area contributed by atoms with Gasteiger partial charge in [0.15, 0.2) is 0 Å². The van der Waals surface area contributed by atoms with E-state index >= 15 is 0 Å². The van der Waals surface area contributed by atoms with Crippen LogP contribution in [0, 0.1) is 0 Å². The summed E-state index contributed by atoms with van der Waals surface area (Å²) in [5, 5.41) is 2.72. The van der Waals surface area contributed by atoms with Gasteiger partial charge in [0.25, 0.3) is 0 Å². The lowest BCUT2D eigenvalue weighted by molar-refractivity contribution is -0.120. The first-order valence-corrected chi connectivity index (χ1v) is 4.68. The number of amides is 1. The maximum atomic E-state index is 11.2. The fourth-order valence-corrected chi connectivity index (χ4v) is 1.10. The van der Waals surface area contributed by atoms with Gasteiger partial charge >= 0.3 is 0 Å². The number of nitrogens with zero attached hydrogens (tertiary/aromatic N) is 1. The molecule has 4 nitrogen and oxygen atoms in total. The molecule has 0 aliphatic carbocycles. The molecule has 0 atom stereocenters. The summed E-state index contributed by atoms with van der Waals surface area (Å²) >= 11 is 0. The number of carbonyl (C=O) groups excluding carboxylic acids is 1. The molecule has 0 saturated carbocycles. The van der Waals surface area contributed by atoms with Gasteiger partial charge in [0, 0.05) is 31.9 Å². The predicted molar refractivity (Wildman–Crippen MR) is 54.6 cm³/mol. The van der Waals surface area contributed by atoms with E-state index in [1.807, 2.05) is 12.1 Å². The van der Waals surface area contributed by atoms with Crippen LogP contribution in [0.25, 0.3) is 0 Å². The van der Waals surface area contributed by atoms with Gasteiger partial charge in [-0.25, -0.2) is 0 Å². The molecule has 0 saturated heterocycles. The van der Waals surface area contributed by atoms with Crippen molar-refractivity contribution in [2.75, 3.05) is 13.1 Å². The van der Waals surface area contributed by atoms with Gasteiger partial charge in [0.1, 0.15) is 0 Å². The maximum Gasteiger partial charge on any atom is 0.220 e. The molecular formula is C10H15N3O. The number of nitrogens with two attached hydrogens (primary N) is 1. The molecule has 0 radical (unpaired) electrons. The lowest BCUT2D eigenvalue weighted by Crippen LogP contribution is -2.29. The first-order valence-electron chi connectivity index (χ1n) is 4.68. The van der Waals surface area contributed by atoms with E-state index in [-0.39, 0.29) is 5.91 Å². The molecule has 0 aliphatic heterocycles. The third-order valence-corrected chi connectivity index (χ3v) is 1.83. The summed E-state index contributed by atoms with van der Waals surface area (Å²) < 4.78 is 0. The molecule has 1 aromatic rings. The number of aromatic nitrogens is 1. The molecule has 1 heterocycles. The van der Waals surface area contributed by atoms with Crippen molar-refractivity contribution in [3.05, 3.63) is 30.1 Å². The first kappa shape index (κ1) is 10.7. The van der Waals surface area contributed by atoms with Crippen LogP contribution >= 0.6 is 0 Å². The fraction of sp³-hybridized carbons (Fsp3) is 0.400. The Hall–Kier alpha value is -1.42. The zero-order valence-corrected chi connectivity index (χ0v) is 8.07. The molecule has 0 fully saturated rings. The average Bonchev–Trinajstić information content (AvgIpc) is 2.25. The number of hydrogen-bond acceptors (Lipinski definition) is 3. The highest BCUT2D eigenvalue weighted by molar-refractivity contribution is 5.76. The van der Waals surface area contributed by atoms with Crippen molar-refractivity contribution < 1.29 is 4.79 Å². The van der Waals surface area contributed by atoms with E-state index in [4.69, 9.17) is 5.73 Å². The molecule has 76 valence electrons. The van der Waals surface area contributed by atoms with Gasteiger partial charge < -0.3 is 11.1 Å². The van der Waals surface area contributed by atoms with Gasteiger partial charge in [-0.2, -0.15) is 0 Å². The van der Waals surface area contributed by atoms with E-state index in [0.717, 1.165) is 12.0 Å². The van der Waals surface area contributed by atoms with Crippen LogP contribution in [0.2, 0.25) is 0 Å². The number of aryl methyl sites for hydroxylation is 1. The second-order valence-electron chi connectivity index (χ2n) is 3.00. The van der Waals surface area contributed by atoms with E-state index < -0.39 is 0 Å². The van der Waals surface area contributed by atoms with Gasteiger partial charge in [-0.05, 0) is 18.1 Å². The second-order valence-corrected chi connectivity index (χ2v) is 3.00. The summed E-state index contributed by atoms with van der Waals surface area (Å²) in [6.45, 7) is 1.03. The molecule has 0 aliphatic rings. The minimum Gasteiger partial charge on any atom is -0.355 e. The SMILES string of the molecule is NCCNC(=O)CCc1cccnc1. The number of nitrogens with one attached hydrogen (secondary N) is 1. The minimum absolute atomic E-state index is 0.0410. The van der Waals surface area contributed by atoms with Crippen molar-refractivity contribution in [1.82, 2.24) is 10.3 Å². The van der Waals surface area contributed by atoms with Gasteiger partial charge in [-0.15, -0.1) is 0 Å². The van der Waals surface area contributed by atoms with E-state index in [1.165, 1.54) is 0 Å². The third-order valence-electron chi connectivity index (χ3n) is 1.83. The summed E-state index contributed by atoms with van der Waals surface area (Å²) in [4.78, 5) is 15.2. The van der Waals surface area contributed by atoms with E-state index in [1.54, 1.807) is 12.4 Å². The summed E-state index contributed by atoms with van der Waals surface area (Å²) in [6, 6.07) is 3.83. The quantitative estimate of drug-likeness (QED) is 0.696. The van der Waals surface area contributed by atoms with Crippen molar-refractivity contribution in [1.29, 1.82) is 0 Å². The van der Waals surface area contributed by atoms with Crippen molar-refractivity contribution in [3.8, 4) is 0 Å². The Morgan fingerprint density at radius 1 is 1.57 bits per heavy atom. The molecule has 3 N–H and O–H groups in total. The number of rotatable bonds is 5. The Morgan fingerprint density at radius 2 is 2.43 bits per heavy atom. The number of hydrogen-bond donors (Lipinski definition) is 2. The van der Waals surface area contributed by atoms with Crippen LogP contribution < -0.4 is 11.1 Å². The predicted octanol–water partition coefficient (Wildman–Crippen LogP) is 0.0891. The van der Waals surface area contributed by atoms with Crippen LogP contribution in [0.4, 0.5) is 0 Å². The fourth-order valence-electron chi connectivity index (χ4n) is 1.10. The zero-order valence-electron chi connectivity index (χ0n) is 8.07. The normalized spacial score (nSPS) is 9.79. The van der Waals surface area contributed by atoms with Crippen LogP contribution in [0.15, 0.2) is 24.5 Å². The van der Waals surface area contributed by atoms with E-state index in [0.29, 0.717) is 19.5 Å². The molecule has 1 rings (SSSR count). The highest BCUT2D eigenvalue weighted by Crippen LogP contribution is 1.99. The summed E-state index contributed by atoms with van der Waals surface area (Å²) in [5.41, 5.74) is 6.34. The number of carbonyl (C=O) groups is 1. The van der Waals surface area contributed by atoms with Gasteiger partial charge in [-0.1, -0.05) is 6.07 Å². The van der Waals surface area contributed by atoms with Crippen LogP contribution in [0.1, 0.15) is 12.0 Å². The van der Waals surface area contributed by atoms with E-state index in [2.05, 4.69) is 10.3 Å². The minimum atomic E-state index is 0.0410. The van der Waals surface area contributed by atoms with Gasteiger partial charge in [-0.3, -0.25) is 9.78 Å². The largest absolute Gasteiger partial charge is 0.355 e. The smallest absolute Gasteiger partial charge is 0.220 e. The molecule has 0 aromatic carbocycles. The molecule has 1 aromatic heterocycles. The highest BCUT2D eigenvalue weighted by atomic mass is 16.1. The van der Waals surface area contributed by atoms with Crippen molar-refractivity contribution in [2.24, 2.45) is 5.73 Å². The Balaban J connectivity index is 2.24. The monoisotopic (exact) mass is 193 g/mol.